The topological polar surface area (TPSA) is 36.9 Å². The summed E-state index contributed by atoms with van der Waals surface area (Å²) in [7, 11) is 6.86. The second-order valence-corrected chi connectivity index (χ2v) is 11.9. The molecule has 0 N–H and O–H groups in total. The largest absolute Gasteiger partial charge is 0.494 e. The Labute approximate surface area is 228 Å². The van der Waals surface area contributed by atoms with E-state index >= 15 is 0 Å². The van der Waals surface area contributed by atoms with E-state index in [1.165, 1.54) is 0 Å². The Bertz CT molecular complexity index is 1110. The number of hydrogen-bond donors (Lipinski definition) is 0. The van der Waals surface area contributed by atoms with Crippen molar-refractivity contribution in [2.45, 2.75) is 39.2 Å². The summed E-state index contributed by atoms with van der Waals surface area (Å²) in [5.41, 5.74) is 0. The van der Waals surface area contributed by atoms with E-state index in [2.05, 4.69) is 72.8 Å². The Hall–Kier alpha value is -2.52. The molecule has 0 fully saturated rings. The molecule has 1 heterocycles. The van der Waals surface area contributed by atoms with Crippen LogP contribution in [0.4, 0.5) is 0 Å². The fourth-order valence-electron chi connectivity index (χ4n) is 3.90. The molecule has 1 aliphatic rings. The number of para-hydroxylation sites is 4. The zero-order valence-corrected chi connectivity index (χ0v) is 23.5. The lowest BCUT2D eigenvalue weighted by Gasteiger charge is -2.19. The van der Waals surface area contributed by atoms with Crippen LogP contribution in [-0.4, -0.2) is 28.4 Å². The second-order valence-electron chi connectivity index (χ2n) is 7.56. The zero-order valence-electron chi connectivity index (χ0n) is 20.2. The third kappa shape index (κ3) is 4.87. The molecule has 5 rings (SSSR count). The highest BCUT2D eigenvalue weighted by atomic mass is 32.2. The van der Waals surface area contributed by atoms with Gasteiger partial charge in [-0.05, 0) is 48.5 Å². The number of benzene rings is 4. The lowest BCUT2D eigenvalue weighted by Crippen LogP contribution is -1.95. The van der Waals surface area contributed by atoms with E-state index in [9.17, 15) is 0 Å². The van der Waals surface area contributed by atoms with E-state index in [-0.39, 0.29) is 0 Å². The van der Waals surface area contributed by atoms with Crippen LogP contribution < -0.4 is 18.9 Å². The smallest absolute Gasteiger partial charge is 0.146 e. The van der Waals surface area contributed by atoms with Gasteiger partial charge >= 0.3 is 0 Å². The summed E-state index contributed by atoms with van der Waals surface area (Å²) in [4.78, 5) is 8.10. The summed E-state index contributed by atoms with van der Waals surface area (Å²) in [6.45, 7) is 0. The van der Waals surface area contributed by atoms with Gasteiger partial charge in [-0.2, -0.15) is 0 Å². The highest BCUT2D eigenvalue weighted by molar-refractivity contribution is 8.01. The number of hydrogen-bond acceptors (Lipinski definition) is 8. The molecule has 0 aromatic heterocycles. The molecule has 0 aliphatic carbocycles. The Morgan fingerprint density at radius 2 is 0.500 bits per heavy atom. The molecular formula is C28H24O4S4. The first-order valence-corrected chi connectivity index (χ1v) is 14.3. The summed E-state index contributed by atoms with van der Waals surface area (Å²) >= 11 is 6.52. The molecule has 184 valence electrons. The molecule has 0 saturated heterocycles. The summed E-state index contributed by atoms with van der Waals surface area (Å²) in [5, 5.41) is 0. The van der Waals surface area contributed by atoms with Crippen LogP contribution in [0.3, 0.4) is 0 Å². The number of rotatable bonds is 4. The van der Waals surface area contributed by atoms with Crippen LogP contribution in [0.1, 0.15) is 0 Å². The van der Waals surface area contributed by atoms with Gasteiger partial charge in [0.05, 0.1) is 67.6 Å². The first-order chi connectivity index (χ1) is 17.7. The van der Waals surface area contributed by atoms with Gasteiger partial charge in [0, 0.05) is 0 Å². The van der Waals surface area contributed by atoms with Crippen molar-refractivity contribution in [2.75, 3.05) is 28.4 Å². The summed E-state index contributed by atoms with van der Waals surface area (Å²) in [5.74, 6) is 3.30. The number of ether oxygens (including phenoxy) is 4. The molecule has 1 aliphatic heterocycles. The second kappa shape index (κ2) is 11.3. The van der Waals surface area contributed by atoms with Gasteiger partial charge in [-0.15, -0.1) is 0 Å². The quantitative estimate of drug-likeness (QED) is 0.219. The Balaban J connectivity index is 1.76. The van der Waals surface area contributed by atoms with Crippen LogP contribution in [0.2, 0.25) is 0 Å². The average Bonchev–Trinajstić information content (AvgIpc) is 2.89. The van der Waals surface area contributed by atoms with Crippen molar-refractivity contribution in [1.29, 1.82) is 0 Å². The van der Waals surface area contributed by atoms with E-state index in [0.717, 1.165) is 62.2 Å². The normalized spacial score (nSPS) is 12.6. The van der Waals surface area contributed by atoms with Crippen LogP contribution in [0.25, 0.3) is 0 Å². The molecule has 8 bridgehead atoms. The Morgan fingerprint density at radius 3 is 0.639 bits per heavy atom. The van der Waals surface area contributed by atoms with E-state index in [0.29, 0.717) is 0 Å². The highest BCUT2D eigenvalue weighted by Crippen LogP contribution is 2.52. The molecule has 4 nitrogen and oxygen atoms in total. The molecule has 4 aromatic rings. The molecule has 36 heavy (non-hydrogen) atoms. The zero-order chi connectivity index (χ0) is 25.1. The molecule has 0 spiro atoms. The van der Waals surface area contributed by atoms with Crippen molar-refractivity contribution in [1.82, 2.24) is 0 Å². The minimum atomic E-state index is 0.826. The maximum Gasteiger partial charge on any atom is 0.146 e. The van der Waals surface area contributed by atoms with Crippen molar-refractivity contribution in [2.24, 2.45) is 0 Å². The van der Waals surface area contributed by atoms with E-state index < -0.39 is 0 Å². The first kappa shape index (κ1) is 25.1. The average molecular weight is 553 g/mol. The minimum absolute atomic E-state index is 0.826. The van der Waals surface area contributed by atoms with Crippen LogP contribution >= 0.6 is 47.0 Å². The lowest BCUT2D eigenvalue weighted by atomic mass is 10.3. The molecule has 0 amide bonds. The van der Waals surface area contributed by atoms with Crippen LogP contribution in [0.5, 0.6) is 23.0 Å². The maximum absolute atomic E-state index is 5.93. The molecule has 0 atom stereocenters. The molecule has 0 saturated carbocycles. The lowest BCUT2D eigenvalue weighted by molar-refractivity contribution is 0.389. The van der Waals surface area contributed by atoms with Gasteiger partial charge in [0.1, 0.15) is 23.0 Å². The van der Waals surface area contributed by atoms with Gasteiger partial charge < -0.3 is 18.9 Å². The van der Waals surface area contributed by atoms with Crippen molar-refractivity contribution in [3.8, 4) is 23.0 Å². The van der Waals surface area contributed by atoms with Gasteiger partial charge in [0.15, 0.2) is 0 Å². The van der Waals surface area contributed by atoms with E-state index in [1.54, 1.807) is 75.5 Å². The van der Waals surface area contributed by atoms with Crippen LogP contribution in [-0.2, 0) is 0 Å². The standard InChI is InChI=1S/C28H24O4S4/c1-29-25-17-9-5-10-18(25)34-20-12-7-14-22(27(20)31-3)36-24-16-8-15-23(28(24)32-4)35-21-13-6-11-19(33-17)26(21)30-2/h5-16H,1-4H3. The predicted molar refractivity (Wildman–Crippen MR) is 148 cm³/mol. The van der Waals surface area contributed by atoms with Gasteiger partial charge in [0.2, 0.25) is 0 Å². The van der Waals surface area contributed by atoms with Gasteiger partial charge in [-0.1, -0.05) is 71.3 Å². The Kier molecular flexibility index (Phi) is 7.86. The molecule has 0 radical (unpaired) electrons. The van der Waals surface area contributed by atoms with Gasteiger partial charge in [0.25, 0.3) is 0 Å². The Morgan fingerprint density at radius 1 is 0.333 bits per heavy atom. The van der Waals surface area contributed by atoms with Crippen LogP contribution in [0, 0.1) is 0 Å². The molecule has 0 unspecified atom stereocenters. The summed E-state index contributed by atoms with van der Waals surface area (Å²) in [6, 6.07) is 24.8. The number of fused-ring (bicyclic) bond motifs is 8. The maximum atomic E-state index is 5.93. The van der Waals surface area contributed by atoms with Crippen molar-refractivity contribution < 1.29 is 18.9 Å². The van der Waals surface area contributed by atoms with E-state index in [1.807, 2.05) is 0 Å². The van der Waals surface area contributed by atoms with Crippen molar-refractivity contribution >= 4 is 47.0 Å². The monoisotopic (exact) mass is 552 g/mol. The fraction of sp³-hybridized carbons (Fsp3) is 0.143. The third-order valence-electron chi connectivity index (χ3n) is 5.47. The summed E-state index contributed by atoms with van der Waals surface area (Å²) in [6.07, 6.45) is 0. The molecule has 4 aromatic carbocycles. The SMILES string of the molecule is COc1c2cccc1Sc1cccc(c1OC)Sc1cccc(c1OC)Sc1cccc(c1OC)S2. The van der Waals surface area contributed by atoms with E-state index in [4.69, 9.17) is 18.9 Å². The van der Waals surface area contributed by atoms with Gasteiger partial charge in [-0.25, -0.2) is 0 Å². The fourth-order valence-corrected chi connectivity index (χ4v) is 8.57. The van der Waals surface area contributed by atoms with Gasteiger partial charge in [-0.3, -0.25) is 0 Å². The molecule has 8 heteroatoms. The number of methoxy groups -OCH3 is 4. The molecular weight excluding hydrogens is 529 g/mol. The van der Waals surface area contributed by atoms with Crippen molar-refractivity contribution in [3.63, 3.8) is 0 Å². The predicted octanol–water partition coefficient (Wildman–Crippen LogP) is 8.64. The van der Waals surface area contributed by atoms with Crippen molar-refractivity contribution in [3.05, 3.63) is 72.8 Å². The third-order valence-corrected chi connectivity index (χ3v) is 9.80. The summed E-state index contributed by atoms with van der Waals surface area (Å²) < 4.78 is 23.7. The highest BCUT2D eigenvalue weighted by Gasteiger charge is 2.21. The minimum Gasteiger partial charge on any atom is -0.494 e. The van der Waals surface area contributed by atoms with Crippen LogP contribution in [0.15, 0.2) is 112 Å². The first-order valence-electron chi connectivity index (χ1n) is 11.1.